The van der Waals surface area contributed by atoms with Crippen molar-refractivity contribution in [1.29, 1.82) is 0 Å². The van der Waals surface area contributed by atoms with Crippen LogP contribution in [0.1, 0.15) is 101 Å². The van der Waals surface area contributed by atoms with Gasteiger partial charge in [0.25, 0.3) is 0 Å². The van der Waals surface area contributed by atoms with Gasteiger partial charge in [-0.15, -0.1) is 0 Å². The van der Waals surface area contributed by atoms with E-state index in [-0.39, 0.29) is 22.7 Å². The lowest BCUT2D eigenvalue weighted by Crippen LogP contribution is -2.15. The van der Waals surface area contributed by atoms with Crippen LogP contribution in [0.2, 0.25) is 0 Å². The van der Waals surface area contributed by atoms with Gasteiger partial charge in [-0.05, 0) is 69.9 Å². The second-order valence-electron chi connectivity index (χ2n) is 10.5. The summed E-state index contributed by atoms with van der Waals surface area (Å²) in [6.07, 6.45) is 0. The third-order valence-corrected chi connectivity index (χ3v) is 6.06. The Balaban J connectivity index is 2.53. The lowest BCUT2D eigenvalue weighted by molar-refractivity contribution is 0.439. The predicted octanol–water partition coefficient (Wildman–Crippen LogP) is 7.22. The molecular formula is C26H38O2. The Bertz CT molecular complexity index is 790. The van der Waals surface area contributed by atoms with Crippen molar-refractivity contribution in [3.63, 3.8) is 0 Å². The van der Waals surface area contributed by atoms with Crippen LogP contribution in [0.3, 0.4) is 0 Å². The highest BCUT2D eigenvalue weighted by atomic mass is 16.3. The van der Waals surface area contributed by atoms with Crippen molar-refractivity contribution in [1.82, 2.24) is 0 Å². The number of aryl methyl sites for hydroxylation is 2. The Hall–Kier alpha value is -1.96. The summed E-state index contributed by atoms with van der Waals surface area (Å²) >= 11 is 0. The maximum absolute atomic E-state index is 10.6. The first kappa shape index (κ1) is 22.3. The van der Waals surface area contributed by atoms with Gasteiger partial charge in [0, 0.05) is 0 Å². The zero-order chi connectivity index (χ0) is 21.6. The molecule has 0 saturated heterocycles. The zero-order valence-corrected chi connectivity index (χ0v) is 19.4. The van der Waals surface area contributed by atoms with Crippen LogP contribution in [0.5, 0.6) is 11.5 Å². The van der Waals surface area contributed by atoms with Gasteiger partial charge in [-0.1, -0.05) is 79.7 Å². The van der Waals surface area contributed by atoms with Crippen molar-refractivity contribution in [3.8, 4) is 11.5 Å². The average Bonchev–Trinajstić information content (AvgIpc) is 2.56. The van der Waals surface area contributed by atoms with E-state index in [1.54, 1.807) is 0 Å². The molecule has 0 radical (unpaired) electrons. The van der Waals surface area contributed by atoms with Crippen molar-refractivity contribution in [2.24, 2.45) is 0 Å². The summed E-state index contributed by atoms with van der Waals surface area (Å²) in [6.45, 7) is 21.3. The van der Waals surface area contributed by atoms with Crippen LogP contribution in [-0.4, -0.2) is 10.2 Å². The number of rotatable bonds is 3. The second kappa shape index (κ2) is 7.46. The first-order valence-corrected chi connectivity index (χ1v) is 10.3. The normalized spacial score (nSPS) is 14.8. The van der Waals surface area contributed by atoms with Gasteiger partial charge in [0.1, 0.15) is 11.5 Å². The Morgan fingerprint density at radius 2 is 0.893 bits per heavy atom. The summed E-state index contributed by atoms with van der Waals surface area (Å²) in [5.74, 6) is 1.40. The lowest BCUT2D eigenvalue weighted by atomic mass is 9.77. The largest absolute Gasteiger partial charge is 0.507 e. The highest BCUT2D eigenvalue weighted by Gasteiger charge is 2.26. The number of phenolic OH excluding ortho intramolecular Hbond substituents is 2. The molecule has 2 atom stereocenters. The van der Waals surface area contributed by atoms with Crippen LogP contribution < -0.4 is 0 Å². The molecule has 0 aromatic heterocycles. The van der Waals surface area contributed by atoms with E-state index < -0.39 is 0 Å². The van der Waals surface area contributed by atoms with Crippen molar-refractivity contribution in [2.75, 3.05) is 0 Å². The summed E-state index contributed by atoms with van der Waals surface area (Å²) < 4.78 is 0. The highest BCUT2D eigenvalue weighted by Crippen LogP contribution is 2.42. The second-order valence-corrected chi connectivity index (χ2v) is 10.5. The molecule has 2 unspecified atom stereocenters. The molecule has 2 rings (SSSR count). The average molecular weight is 383 g/mol. The molecule has 0 aliphatic carbocycles. The number of hydrogen-bond acceptors (Lipinski definition) is 2. The summed E-state index contributed by atoms with van der Waals surface area (Å²) in [5, 5.41) is 21.1. The van der Waals surface area contributed by atoms with Crippen LogP contribution in [0.4, 0.5) is 0 Å². The van der Waals surface area contributed by atoms with E-state index in [2.05, 4.69) is 79.7 Å². The molecule has 0 amide bonds. The Labute approximate surface area is 171 Å². The topological polar surface area (TPSA) is 40.5 Å². The third-order valence-electron chi connectivity index (χ3n) is 6.06. The van der Waals surface area contributed by atoms with E-state index in [0.717, 1.165) is 22.3 Å². The standard InChI is InChI=1S/C26H38O2/c1-15-11-19(13-21(23(15)27)25(5,6)7)17(3)18(4)20-12-16(2)24(28)22(14-20)26(8,9)10/h11-14,17-18,27-28H,1-10H3. The molecule has 2 aromatic carbocycles. The Morgan fingerprint density at radius 3 is 1.14 bits per heavy atom. The van der Waals surface area contributed by atoms with E-state index in [9.17, 15) is 10.2 Å². The molecule has 0 aliphatic heterocycles. The fourth-order valence-corrected chi connectivity index (χ4v) is 3.86. The zero-order valence-electron chi connectivity index (χ0n) is 19.4. The molecule has 0 fully saturated rings. The van der Waals surface area contributed by atoms with Gasteiger partial charge in [0.05, 0.1) is 0 Å². The highest BCUT2D eigenvalue weighted by molar-refractivity contribution is 5.50. The molecule has 154 valence electrons. The van der Waals surface area contributed by atoms with Crippen molar-refractivity contribution in [2.45, 2.75) is 91.9 Å². The fraction of sp³-hybridized carbons (Fsp3) is 0.538. The van der Waals surface area contributed by atoms with Crippen molar-refractivity contribution in [3.05, 3.63) is 57.6 Å². The molecule has 0 aliphatic rings. The lowest BCUT2D eigenvalue weighted by Gasteiger charge is -2.28. The maximum atomic E-state index is 10.6. The molecule has 2 aromatic rings. The van der Waals surface area contributed by atoms with E-state index in [0.29, 0.717) is 11.5 Å². The first-order chi connectivity index (χ1) is 12.6. The molecule has 0 heterocycles. The number of aromatic hydroxyl groups is 2. The van der Waals surface area contributed by atoms with Crippen molar-refractivity contribution >= 4 is 0 Å². The predicted molar refractivity (Wildman–Crippen MR) is 120 cm³/mol. The van der Waals surface area contributed by atoms with E-state index >= 15 is 0 Å². The monoisotopic (exact) mass is 382 g/mol. The maximum Gasteiger partial charge on any atom is 0.122 e. The van der Waals surface area contributed by atoms with Crippen LogP contribution in [0, 0.1) is 13.8 Å². The van der Waals surface area contributed by atoms with Gasteiger partial charge in [-0.2, -0.15) is 0 Å². The van der Waals surface area contributed by atoms with Crippen LogP contribution in [-0.2, 0) is 10.8 Å². The minimum Gasteiger partial charge on any atom is -0.507 e. The molecule has 28 heavy (non-hydrogen) atoms. The summed E-state index contributed by atoms with van der Waals surface area (Å²) in [6, 6.07) is 8.57. The summed E-state index contributed by atoms with van der Waals surface area (Å²) in [5.41, 5.74) is 6.13. The Morgan fingerprint density at radius 1 is 0.607 bits per heavy atom. The van der Waals surface area contributed by atoms with Gasteiger partial charge in [-0.25, -0.2) is 0 Å². The van der Waals surface area contributed by atoms with Crippen LogP contribution >= 0.6 is 0 Å². The minimum absolute atomic E-state index is 0.109. The van der Waals surface area contributed by atoms with E-state index in [1.807, 2.05) is 13.8 Å². The molecule has 0 saturated carbocycles. The number of benzene rings is 2. The van der Waals surface area contributed by atoms with Gasteiger partial charge < -0.3 is 10.2 Å². The quantitative estimate of drug-likeness (QED) is 0.588. The minimum atomic E-state index is -0.109. The Kier molecular flexibility index (Phi) is 5.95. The van der Waals surface area contributed by atoms with E-state index in [4.69, 9.17) is 0 Å². The SMILES string of the molecule is Cc1cc(C(C)C(C)c2cc(C)c(O)c(C(C)(C)C)c2)cc(C(C)(C)C)c1O. The summed E-state index contributed by atoms with van der Waals surface area (Å²) in [7, 11) is 0. The van der Waals surface area contributed by atoms with Gasteiger partial charge >= 0.3 is 0 Å². The smallest absolute Gasteiger partial charge is 0.122 e. The molecular weight excluding hydrogens is 344 g/mol. The molecule has 0 spiro atoms. The third kappa shape index (κ3) is 4.37. The van der Waals surface area contributed by atoms with Gasteiger partial charge in [0.15, 0.2) is 0 Å². The van der Waals surface area contributed by atoms with Crippen LogP contribution in [0.15, 0.2) is 24.3 Å². The van der Waals surface area contributed by atoms with Crippen LogP contribution in [0.25, 0.3) is 0 Å². The fourth-order valence-electron chi connectivity index (χ4n) is 3.86. The molecule has 0 bridgehead atoms. The van der Waals surface area contributed by atoms with Gasteiger partial charge in [0.2, 0.25) is 0 Å². The molecule has 2 heteroatoms. The number of phenols is 2. The van der Waals surface area contributed by atoms with Crippen molar-refractivity contribution < 1.29 is 10.2 Å². The summed E-state index contributed by atoms with van der Waals surface area (Å²) in [4.78, 5) is 0. The van der Waals surface area contributed by atoms with E-state index in [1.165, 1.54) is 11.1 Å². The number of hydrogen-bond donors (Lipinski definition) is 2. The molecule has 2 nitrogen and oxygen atoms in total. The van der Waals surface area contributed by atoms with Gasteiger partial charge in [-0.3, -0.25) is 0 Å². The first-order valence-electron chi connectivity index (χ1n) is 10.3. The molecule has 2 N–H and O–H groups in total.